The predicted molar refractivity (Wildman–Crippen MR) is 193 cm³/mol. The summed E-state index contributed by atoms with van der Waals surface area (Å²) in [5.74, 6) is -0.393. The molecule has 0 atom stereocenters. The Balaban J connectivity index is 1.22. The number of alkyl halides is 1. The average molecular weight is 742 g/mol. The molecule has 4 aromatic carbocycles. The van der Waals surface area contributed by atoms with Gasteiger partial charge in [-0.3, -0.25) is 9.59 Å². The second-order valence-corrected chi connectivity index (χ2v) is 13.2. The fraction of sp³-hybridized carbons (Fsp3) is 0.0286. The van der Waals surface area contributed by atoms with Crippen LogP contribution in [-0.2, 0) is 14.8 Å². The number of nitrogens with one attached hydrogen (secondary N) is 3. The predicted octanol–water partition coefficient (Wildman–Crippen LogP) is 7.87. The number of hydrogen-bond donors (Lipinski definition) is 3. The Morgan fingerprint density at radius 1 is 0.854 bits per heavy atom. The Hall–Kier alpha value is -5.30. The maximum absolute atomic E-state index is 13.6. The summed E-state index contributed by atoms with van der Waals surface area (Å²) in [6.45, 7) is 0. The molecule has 0 aliphatic heterocycles. The summed E-state index contributed by atoms with van der Waals surface area (Å²) in [6.07, 6.45) is 6.06. The van der Waals surface area contributed by atoms with Crippen LogP contribution >= 0.6 is 27.5 Å². The number of aromatic nitrogens is 3. The zero-order valence-corrected chi connectivity index (χ0v) is 28.1. The molecular formula is C35H26BrClN6O4S. The summed E-state index contributed by atoms with van der Waals surface area (Å²) in [4.78, 5) is 34.0. The smallest absolute Gasteiger partial charge is 0.268 e. The van der Waals surface area contributed by atoms with Crippen molar-refractivity contribution in [2.24, 2.45) is 0 Å². The summed E-state index contributed by atoms with van der Waals surface area (Å²) < 4.78 is 28.4. The zero-order chi connectivity index (χ0) is 33.7. The molecule has 0 radical (unpaired) electrons. The van der Waals surface area contributed by atoms with Crippen molar-refractivity contribution in [1.29, 1.82) is 0 Å². The molecule has 3 N–H and O–H groups in total. The minimum absolute atomic E-state index is 0.153. The first-order chi connectivity index (χ1) is 23.2. The molecule has 0 bridgehead atoms. The van der Waals surface area contributed by atoms with Crippen LogP contribution in [0.1, 0.15) is 10.4 Å². The van der Waals surface area contributed by atoms with Gasteiger partial charge in [-0.2, -0.15) is 0 Å². The number of rotatable bonds is 10. The van der Waals surface area contributed by atoms with Crippen LogP contribution in [0.2, 0.25) is 5.02 Å². The number of carbonyl (C=O) groups excluding carboxylic acids is 2. The van der Waals surface area contributed by atoms with E-state index in [0.29, 0.717) is 50.1 Å². The van der Waals surface area contributed by atoms with Crippen molar-refractivity contribution in [3.05, 3.63) is 138 Å². The van der Waals surface area contributed by atoms with E-state index in [-0.39, 0.29) is 27.7 Å². The maximum Gasteiger partial charge on any atom is 0.268 e. The molecule has 10 nitrogen and oxygen atoms in total. The summed E-state index contributed by atoms with van der Waals surface area (Å²) in [6, 6.07) is 28.9. The van der Waals surface area contributed by atoms with Crippen LogP contribution in [0.4, 0.5) is 23.0 Å². The second kappa shape index (κ2) is 14.2. The first-order valence-electron chi connectivity index (χ1n) is 14.5. The largest absolute Gasteiger partial charge is 0.324 e. The van der Waals surface area contributed by atoms with Gasteiger partial charge < -0.3 is 16.0 Å². The summed E-state index contributed by atoms with van der Waals surface area (Å²) in [7, 11) is -3.91. The minimum atomic E-state index is -3.91. The van der Waals surface area contributed by atoms with Crippen LogP contribution in [0.25, 0.3) is 22.2 Å². The van der Waals surface area contributed by atoms with Crippen molar-refractivity contribution in [2.75, 3.05) is 21.3 Å². The molecule has 0 aliphatic rings. The van der Waals surface area contributed by atoms with E-state index >= 15 is 0 Å². The molecule has 0 spiro atoms. The highest BCUT2D eigenvalue weighted by molar-refractivity contribution is 9.09. The fourth-order valence-corrected chi connectivity index (χ4v) is 6.68. The van der Waals surface area contributed by atoms with Crippen LogP contribution in [0.15, 0.2) is 133 Å². The molecule has 2 amide bonds. The molecule has 2 heterocycles. The van der Waals surface area contributed by atoms with Crippen LogP contribution < -0.4 is 16.0 Å². The van der Waals surface area contributed by atoms with Gasteiger partial charge in [-0.15, -0.1) is 0 Å². The van der Waals surface area contributed by atoms with E-state index in [2.05, 4.69) is 41.8 Å². The lowest BCUT2D eigenvalue weighted by Crippen LogP contribution is -2.12. The van der Waals surface area contributed by atoms with Gasteiger partial charge in [0.15, 0.2) is 0 Å². The molecule has 0 saturated carbocycles. The molecule has 48 heavy (non-hydrogen) atoms. The molecule has 0 unspecified atom stereocenters. The molecule has 0 saturated heterocycles. The van der Waals surface area contributed by atoms with Crippen molar-refractivity contribution in [3.63, 3.8) is 0 Å². The summed E-state index contributed by atoms with van der Waals surface area (Å²) in [5.41, 5.74) is 3.41. The van der Waals surface area contributed by atoms with Crippen molar-refractivity contribution >= 4 is 83.3 Å². The highest BCUT2D eigenvalue weighted by atomic mass is 79.9. The summed E-state index contributed by atoms with van der Waals surface area (Å²) in [5, 5.41) is 10.2. The van der Waals surface area contributed by atoms with E-state index < -0.39 is 10.0 Å². The standard InChI is InChI=1S/C35H26BrClN6O4S/c36-19-7-14-32(44)39-24-17-15-23(16-18-24)34(45)40-25-8-6-9-26(20-25)41-35-38-21-30(37)33(42-35)29-22-43(31-13-5-4-12-28(29)31)48(46,47)27-10-2-1-3-11-27/h1-18,20-22H,19H2,(H,39,44)(H,40,45)(H,38,41,42)/b14-7+. The van der Waals surface area contributed by atoms with Crippen LogP contribution in [0, 0.1) is 0 Å². The number of nitrogens with zero attached hydrogens (tertiary/aromatic N) is 3. The van der Waals surface area contributed by atoms with E-state index in [1.807, 2.05) is 12.1 Å². The molecule has 240 valence electrons. The third-order valence-corrected chi connectivity index (χ3v) is 9.47. The molecule has 2 aromatic heterocycles. The van der Waals surface area contributed by atoms with Crippen molar-refractivity contribution < 1.29 is 18.0 Å². The fourth-order valence-electron chi connectivity index (χ4n) is 4.91. The van der Waals surface area contributed by atoms with Gasteiger partial charge in [-0.25, -0.2) is 22.4 Å². The van der Waals surface area contributed by atoms with Gasteiger partial charge in [0.1, 0.15) is 0 Å². The van der Waals surface area contributed by atoms with Crippen molar-refractivity contribution in [3.8, 4) is 11.3 Å². The lowest BCUT2D eigenvalue weighted by atomic mass is 10.1. The van der Waals surface area contributed by atoms with Crippen molar-refractivity contribution in [1.82, 2.24) is 13.9 Å². The third kappa shape index (κ3) is 7.15. The topological polar surface area (TPSA) is 135 Å². The normalized spacial score (nSPS) is 11.5. The van der Waals surface area contributed by atoms with Gasteiger partial charge in [0.05, 0.1) is 27.3 Å². The number of benzene rings is 4. The number of fused-ring (bicyclic) bond motifs is 1. The highest BCUT2D eigenvalue weighted by Crippen LogP contribution is 2.36. The van der Waals surface area contributed by atoms with Gasteiger partial charge in [0.2, 0.25) is 11.9 Å². The third-order valence-electron chi connectivity index (χ3n) is 7.13. The van der Waals surface area contributed by atoms with E-state index in [1.54, 1.807) is 97.1 Å². The van der Waals surface area contributed by atoms with Crippen molar-refractivity contribution in [2.45, 2.75) is 4.90 Å². The Morgan fingerprint density at radius 2 is 1.58 bits per heavy atom. The Morgan fingerprint density at radius 3 is 2.35 bits per heavy atom. The average Bonchev–Trinajstić information content (AvgIpc) is 3.49. The minimum Gasteiger partial charge on any atom is -0.324 e. The number of carbonyl (C=O) groups is 2. The monoisotopic (exact) mass is 740 g/mol. The van der Waals surface area contributed by atoms with Crippen LogP contribution in [0.3, 0.4) is 0 Å². The lowest BCUT2D eigenvalue weighted by Gasteiger charge is -2.10. The second-order valence-electron chi connectivity index (χ2n) is 10.3. The highest BCUT2D eigenvalue weighted by Gasteiger charge is 2.23. The summed E-state index contributed by atoms with van der Waals surface area (Å²) >= 11 is 9.81. The maximum atomic E-state index is 13.6. The zero-order valence-electron chi connectivity index (χ0n) is 25.0. The molecule has 13 heteroatoms. The molecule has 6 aromatic rings. The van der Waals surface area contributed by atoms with Gasteiger partial charge in [0.25, 0.3) is 15.9 Å². The number of anilines is 4. The molecule has 0 aliphatic carbocycles. The van der Waals surface area contributed by atoms with Gasteiger partial charge in [-0.1, -0.05) is 76.1 Å². The van der Waals surface area contributed by atoms with E-state index in [0.717, 1.165) is 0 Å². The first-order valence-corrected chi connectivity index (χ1v) is 17.4. The number of para-hydroxylation sites is 1. The van der Waals surface area contributed by atoms with E-state index in [9.17, 15) is 18.0 Å². The van der Waals surface area contributed by atoms with Gasteiger partial charge >= 0.3 is 0 Å². The first kappa shape index (κ1) is 32.6. The number of allylic oxidation sites excluding steroid dienone is 1. The number of amides is 2. The molecular weight excluding hydrogens is 716 g/mol. The Labute approximate surface area is 289 Å². The number of halogens is 2. The quantitative estimate of drug-likeness (QED) is 0.0961. The lowest BCUT2D eigenvalue weighted by molar-refractivity contribution is -0.111. The molecule has 0 fully saturated rings. The molecule has 6 rings (SSSR count). The van der Waals surface area contributed by atoms with E-state index in [1.165, 1.54) is 22.4 Å². The Kier molecular flexibility index (Phi) is 9.67. The number of hydrogen-bond acceptors (Lipinski definition) is 7. The van der Waals surface area contributed by atoms with Crippen LogP contribution in [0.5, 0.6) is 0 Å². The SMILES string of the molecule is O=C(/C=C/CBr)Nc1ccc(C(=O)Nc2cccc(Nc3ncc(Cl)c(-c4cn(S(=O)(=O)c5ccccc5)c5ccccc45)n3)c2)cc1. The van der Waals surface area contributed by atoms with Gasteiger partial charge in [-0.05, 0) is 60.7 Å². The van der Waals surface area contributed by atoms with Crippen LogP contribution in [-0.4, -0.2) is 39.5 Å². The Bertz CT molecular complexity index is 2280. The van der Waals surface area contributed by atoms with Gasteiger partial charge in [0, 0.05) is 51.2 Å². The van der Waals surface area contributed by atoms with E-state index in [4.69, 9.17) is 11.6 Å².